The Labute approximate surface area is 149 Å². The molecule has 7 nitrogen and oxygen atoms in total. The number of esters is 1. The number of imide groups is 1. The van der Waals surface area contributed by atoms with E-state index >= 15 is 0 Å². The number of hydrogen-bond acceptors (Lipinski definition) is 6. The lowest BCUT2D eigenvalue weighted by Crippen LogP contribution is -2.73. The number of nitrogens with zero attached hydrogens (tertiary/aromatic N) is 2. The highest BCUT2D eigenvalue weighted by Gasteiger charge is 2.58. The zero-order chi connectivity index (χ0) is 18.5. The Bertz CT molecular complexity index is 786. The molecule has 0 aliphatic carbocycles. The number of carbonyl (C=O) groups excluding carboxylic acids is 4. The third-order valence-electron chi connectivity index (χ3n) is 4.35. The third kappa shape index (κ3) is 2.36. The number of β-lactam (4-membered cyclic amide) rings is 1. The quantitative estimate of drug-likeness (QED) is 0.283. The standard InChI is InChI=1S/C17H16N2O5S/c1-8(2)11(17(23)24-3)19-15(22)12(16(19)25)18-13(20)9-6-4-5-7-10(9)14(18)21/h4-7,11-12,16,25H,1H2,2-3H3. The van der Waals surface area contributed by atoms with Gasteiger partial charge in [-0.2, -0.15) is 12.6 Å². The molecule has 1 fully saturated rings. The second-order valence-corrected chi connectivity index (χ2v) is 6.43. The van der Waals surface area contributed by atoms with Crippen molar-refractivity contribution in [2.75, 3.05) is 7.11 Å². The van der Waals surface area contributed by atoms with Crippen molar-refractivity contribution < 1.29 is 23.9 Å². The Hall–Kier alpha value is -2.61. The van der Waals surface area contributed by atoms with Crippen LogP contribution in [0.25, 0.3) is 0 Å². The van der Waals surface area contributed by atoms with E-state index in [1.807, 2.05) is 0 Å². The number of thiol groups is 1. The summed E-state index contributed by atoms with van der Waals surface area (Å²) in [6.45, 7) is 5.29. The molecule has 3 rings (SSSR count). The average Bonchev–Trinajstić information content (AvgIpc) is 2.84. The molecule has 2 aliphatic heterocycles. The molecule has 2 heterocycles. The fourth-order valence-corrected chi connectivity index (χ4v) is 3.64. The van der Waals surface area contributed by atoms with Crippen LogP contribution in [0, 0.1) is 0 Å². The highest BCUT2D eigenvalue weighted by atomic mass is 32.1. The SMILES string of the molecule is C=C(C)C(C(=O)OC)N1C(=O)C(N2C(=O)c3ccccc3C2=O)C1S. The molecule has 0 spiro atoms. The van der Waals surface area contributed by atoms with E-state index < -0.39 is 41.1 Å². The number of likely N-dealkylation sites (tertiary alicyclic amines) is 1. The molecule has 1 aromatic rings. The zero-order valence-electron chi connectivity index (χ0n) is 13.6. The molecular weight excluding hydrogens is 344 g/mol. The minimum absolute atomic E-state index is 0.253. The van der Waals surface area contributed by atoms with Crippen molar-refractivity contribution in [3.63, 3.8) is 0 Å². The van der Waals surface area contributed by atoms with Crippen molar-refractivity contribution in [2.24, 2.45) is 0 Å². The van der Waals surface area contributed by atoms with Crippen LogP contribution in [-0.2, 0) is 14.3 Å². The summed E-state index contributed by atoms with van der Waals surface area (Å²) in [6, 6.07) is 4.29. The molecule has 1 saturated heterocycles. The van der Waals surface area contributed by atoms with Crippen LogP contribution in [0.2, 0.25) is 0 Å². The molecule has 130 valence electrons. The summed E-state index contributed by atoms with van der Waals surface area (Å²) < 4.78 is 4.71. The van der Waals surface area contributed by atoms with Gasteiger partial charge in [0.25, 0.3) is 17.7 Å². The van der Waals surface area contributed by atoms with Crippen molar-refractivity contribution in [3.05, 3.63) is 47.5 Å². The molecule has 3 atom stereocenters. The molecule has 0 N–H and O–H groups in total. The summed E-state index contributed by atoms with van der Waals surface area (Å²) in [5.74, 6) is -2.28. The molecular formula is C17H16N2O5S. The highest BCUT2D eigenvalue weighted by molar-refractivity contribution is 7.81. The number of hydrogen-bond donors (Lipinski definition) is 1. The molecule has 25 heavy (non-hydrogen) atoms. The van der Waals surface area contributed by atoms with Crippen LogP contribution in [0.4, 0.5) is 0 Å². The van der Waals surface area contributed by atoms with Gasteiger partial charge in [-0.1, -0.05) is 18.7 Å². The van der Waals surface area contributed by atoms with Gasteiger partial charge in [-0.3, -0.25) is 19.3 Å². The summed E-state index contributed by atoms with van der Waals surface area (Å²) in [7, 11) is 1.21. The largest absolute Gasteiger partial charge is 0.467 e. The van der Waals surface area contributed by atoms with E-state index in [9.17, 15) is 19.2 Å². The van der Waals surface area contributed by atoms with Crippen LogP contribution in [0.15, 0.2) is 36.4 Å². The number of rotatable bonds is 4. The number of carbonyl (C=O) groups is 4. The molecule has 0 aromatic heterocycles. The van der Waals surface area contributed by atoms with E-state index in [0.29, 0.717) is 5.57 Å². The van der Waals surface area contributed by atoms with Crippen molar-refractivity contribution in [1.29, 1.82) is 0 Å². The van der Waals surface area contributed by atoms with E-state index in [1.165, 1.54) is 24.1 Å². The molecule has 0 bridgehead atoms. The van der Waals surface area contributed by atoms with Gasteiger partial charge in [-0.05, 0) is 24.6 Å². The van der Waals surface area contributed by atoms with Crippen molar-refractivity contribution in [2.45, 2.75) is 24.4 Å². The fraction of sp³-hybridized carbons (Fsp3) is 0.294. The summed E-state index contributed by atoms with van der Waals surface area (Å²) in [5.41, 5.74) is 0.910. The van der Waals surface area contributed by atoms with E-state index in [0.717, 1.165) is 4.90 Å². The first-order valence-electron chi connectivity index (χ1n) is 7.51. The maximum Gasteiger partial charge on any atom is 0.332 e. The number of methoxy groups -OCH3 is 1. The molecule has 8 heteroatoms. The lowest BCUT2D eigenvalue weighted by molar-refractivity contribution is -0.162. The predicted octanol–water partition coefficient (Wildman–Crippen LogP) is 0.867. The topological polar surface area (TPSA) is 84.0 Å². The summed E-state index contributed by atoms with van der Waals surface area (Å²) in [6.07, 6.45) is 0. The molecule has 0 saturated carbocycles. The maximum atomic E-state index is 12.6. The minimum Gasteiger partial charge on any atom is -0.467 e. The predicted molar refractivity (Wildman–Crippen MR) is 91.0 cm³/mol. The Morgan fingerprint density at radius 2 is 1.72 bits per heavy atom. The molecule has 3 unspecified atom stereocenters. The summed E-state index contributed by atoms with van der Waals surface area (Å²) >= 11 is 4.35. The Morgan fingerprint density at radius 3 is 2.12 bits per heavy atom. The number of fused-ring (bicyclic) bond motifs is 1. The first-order valence-corrected chi connectivity index (χ1v) is 8.03. The van der Waals surface area contributed by atoms with Crippen LogP contribution < -0.4 is 0 Å². The first-order chi connectivity index (χ1) is 11.8. The van der Waals surface area contributed by atoms with Gasteiger partial charge < -0.3 is 9.64 Å². The first kappa shape index (κ1) is 17.2. The smallest absolute Gasteiger partial charge is 0.332 e. The monoisotopic (exact) mass is 360 g/mol. The van der Waals surface area contributed by atoms with E-state index in [-0.39, 0.29) is 11.1 Å². The van der Waals surface area contributed by atoms with Gasteiger partial charge in [0.1, 0.15) is 11.4 Å². The minimum atomic E-state index is -1.07. The Morgan fingerprint density at radius 1 is 1.20 bits per heavy atom. The van der Waals surface area contributed by atoms with Gasteiger partial charge in [-0.15, -0.1) is 0 Å². The van der Waals surface area contributed by atoms with Gasteiger partial charge in [0, 0.05) is 0 Å². The normalized spacial score (nSPS) is 23.2. The van der Waals surface area contributed by atoms with E-state index in [4.69, 9.17) is 4.74 Å². The van der Waals surface area contributed by atoms with Gasteiger partial charge in [-0.25, -0.2) is 4.79 Å². The molecule has 0 radical (unpaired) electrons. The van der Waals surface area contributed by atoms with E-state index in [1.54, 1.807) is 19.1 Å². The fourth-order valence-electron chi connectivity index (χ4n) is 3.13. The van der Waals surface area contributed by atoms with Crippen LogP contribution in [0.1, 0.15) is 27.6 Å². The Kier molecular flexibility index (Phi) is 4.16. The summed E-state index contributed by atoms with van der Waals surface area (Å²) in [5, 5.41) is -0.824. The van der Waals surface area contributed by atoms with Gasteiger partial charge >= 0.3 is 5.97 Å². The number of amides is 3. The number of ether oxygens (including phenoxy) is 1. The van der Waals surface area contributed by atoms with Crippen molar-refractivity contribution in [1.82, 2.24) is 9.80 Å². The Balaban J connectivity index is 1.89. The molecule has 2 aliphatic rings. The summed E-state index contributed by atoms with van der Waals surface area (Å²) in [4.78, 5) is 51.7. The van der Waals surface area contributed by atoms with Crippen LogP contribution in [-0.4, -0.2) is 58.1 Å². The molecule has 1 aromatic carbocycles. The lowest BCUT2D eigenvalue weighted by atomic mass is 9.98. The second-order valence-electron chi connectivity index (χ2n) is 5.90. The van der Waals surface area contributed by atoms with E-state index in [2.05, 4.69) is 19.2 Å². The van der Waals surface area contributed by atoms with Gasteiger partial charge in [0.2, 0.25) is 0 Å². The van der Waals surface area contributed by atoms with Crippen molar-refractivity contribution in [3.8, 4) is 0 Å². The van der Waals surface area contributed by atoms with Gasteiger partial charge in [0.05, 0.1) is 18.2 Å². The average molecular weight is 360 g/mol. The third-order valence-corrected chi connectivity index (χ3v) is 4.88. The molecule has 3 amide bonds. The van der Waals surface area contributed by atoms with Crippen LogP contribution in [0.3, 0.4) is 0 Å². The zero-order valence-corrected chi connectivity index (χ0v) is 14.5. The van der Waals surface area contributed by atoms with Crippen molar-refractivity contribution >= 4 is 36.3 Å². The van der Waals surface area contributed by atoms with Gasteiger partial charge in [0.15, 0.2) is 6.04 Å². The number of benzene rings is 1. The second kappa shape index (κ2) is 6.03. The lowest BCUT2D eigenvalue weighted by Gasteiger charge is -2.49. The maximum absolute atomic E-state index is 12.6. The van der Waals surface area contributed by atoms with Crippen LogP contribution >= 0.6 is 12.6 Å². The highest BCUT2D eigenvalue weighted by Crippen LogP contribution is 2.36. The van der Waals surface area contributed by atoms with Crippen LogP contribution in [0.5, 0.6) is 0 Å².